The van der Waals surface area contributed by atoms with Gasteiger partial charge in [-0.25, -0.2) is 13.1 Å². The first kappa shape index (κ1) is 14.3. The van der Waals surface area contributed by atoms with Gasteiger partial charge in [-0.05, 0) is 31.2 Å². The number of sulfonamides is 1. The van der Waals surface area contributed by atoms with E-state index in [4.69, 9.17) is 11.6 Å². The Labute approximate surface area is 117 Å². The Hall–Kier alpha value is -1.11. The molecule has 1 fully saturated rings. The predicted molar refractivity (Wildman–Crippen MR) is 74.8 cm³/mol. The van der Waals surface area contributed by atoms with Crippen LogP contribution < -0.4 is 9.62 Å². The molecule has 1 atom stereocenters. The van der Waals surface area contributed by atoms with E-state index in [1.54, 1.807) is 36.1 Å². The number of anilines is 1. The van der Waals surface area contributed by atoms with Crippen molar-refractivity contribution in [3.05, 3.63) is 29.3 Å². The fourth-order valence-electron chi connectivity index (χ4n) is 1.99. The average Bonchev–Trinajstić information content (AvgIpc) is 2.70. The third kappa shape index (κ3) is 3.46. The molecule has 7 heteroatoms. The molecule has 1 aromatic rings. The lowest BCUT2D eigenvalue weighted by Gasteiger charge is -2.17. The van der Waals surface area contributed by atoms with Gasteiger partial charge in [0.2, 0.25) is 15.9 Å². The summed E-state index contributed by atoms with van der Waals surface area (Å²) in [5, 5.41) is 0.596. The third-order valence-corrected chi connectivity index (χ3v) is 4.69. The smallest absolute Gasteiger partial charge is 0.228 e. The Balaban J connectivity index is 2.10. The number of carbonyl (C=O) groups excluding carboxylic acids is 1. The number of benzene rings is 1. The lowest BCUT2D eigenvalue weighted by atomic mass is 10.3. The second-order valence-corrected chi connectivity index (χ2v) is 6.88. The van der Waals surface area contributed by atoms with E-state index in [0.717, 1.165) is 5.69 Å². The second-order valence-electron chi connectivity index (χ2n) is 4.40. The van der Waals surface area contributed by atoms with Crippen LogP contribution in [0.1, 0.15) is 13.3 Å². The van der Waals surface area contributed by atoms with Crippen LogP contribution in [0.4, 0.5) is 5.69 Å². The molecule has 1 aliphatic heterocycles. The van der Waals surface area contributed by atoms with Gasteiger partial charge in [-0.15, -0.1) is 0 Å². The molecule has 2 rings (SSSR count). The van der Waals surface area contributed by atoms with Gasteiger partial charge in [0.15, 0.2) is 0 Å². The first-order valence-electron chi connectivity index (χ1n) is 5.97. The highest BCUT2D eigenvalue weighted by Gasteiger charge is 2.32. The maximum atomic E-state index is 11.9. The highest BCUT2D eigenvalue weighted by molar-refractivity contribution is 7.89. The molecule has 0 bridgehead atoms. The number of nitrogens with one attached hydrogen (secondary N) is 1. The van der Waals surface area contributed by atoms with E-state index < -0.39 is 10.0 Å². The molecule has 5 nitrogen and oxygen atoms in total. The van der Waals surface area contributed by atoms with Crippen molar-refractivity contribution < 1.29 is 13.2 Å². The Morgan fingerprint density at radius 1 is 1.37 bits per heavy atom. The number of amides is 1. The predicted octanol–water partition coefficient (Wildman–Crippen LogP) is 1.38. The molecule has 0 saturated carbocycles. The van der Waals surface area contributed by atoms with Gasteiger partial charge in [0.25, 0.3) is 0 Å². The Kier molecular flexibility index (Phi) is 4.13. The maximum Gasteiger partial charge on any atom is 0.228 e. The van der Waals surface area contributed by atoms with Crippen LogP contribution in [-0.4, -0.2) is 32.7 Å². The first-order chi connectivity index (χ1) is 8.91. The van der Waals surface area contributed by atoms with Crippen LogP contribution in [0, 0.1) is 0 Å². The van der Waals surface area contributed by atoms with E-state index in [9.17, 15) is 13.2 Å². The molecular weight excluding hydrogens is 288 g/mol. The molecule has 1 N–H and O–H groups in total. The molecule has 19 heavy (non-hydrogen) atoms. The molecule has 1 heterocycles. The quantitative estimate of drug-likeness (QED) is 0.914. The molecule has 0 aliphatic carbocycles. The van der Waals surface area contributed by atoms with Gasteiger partial charge in [0.1, 0.15) is 0 Å². The number of halogens is 1. The number of nitrogens with zero attached hydrogens (tertiary/aromatic N) is 1. The Morgan fingerprint density at radius 3 is 2.58 bits per heavy atom. The van der Waals surface area contributed by atoms with Crippen molar-refractivity contribution in [2.24, 2.45) is 0 Å². The van der Waals surface area contributed by atoms with Crippen LogP contribution in [0.3, 0.4) is 0 Å². The molecule has 0 radical (unpaired) electrons. The summed E-state index contributed by atoms with van der Waals surface area (Å²) >= 11 is 5.79. The molecule has 1 aliphatic rings. The molecule has 0 unspecified atom stereocenters. The topological polar surface area (TPSA) is 66.5 Å². The normalized spacial score (nSPS) is 20.0. The average molecular weight is 303 g/mol. The van der Waals surface area contributed by atoms with Crippen molar-refractivity contribution in [3.8, 4) is 0 Å². The van der Waals surface area contributed by atoms with Gasteiger partial charge in [-0.1, -0.05) is 11.6 Å². The molecule has 1 aromatic carbocycles. The van der Waals surface area contributed by atoms with E-state index in [2.05, 4.69) is 4.72 Å². The summed E-state index contributed by atoms with van der Waals surface area (Å²) in [6.07, 6.45) is 0.182. The second kappa shape index (κ2) is 5.48. The molecule has 1 amide bonds. The molecule has 0 spiro atoms. The van der Waals surface area contributed by atoms with Crippen LogP contribution in [0.5, 0.6) is 0 Å². The minimum absolute atomic E-state index is 0.0125. The number of hydrogen-bond donors (Lipinski definition) is 1. The Bertz CT molecular complexity index is 571. The van der Waals surface area contributed by atoms with Crippen LogP contribution in [0.25, 0.3) is 0 Å². The SMILES string of the molecule is CCS(=O)(=O)N[C@@H]1CC(=O)N(c2ccc(Cl)cc2)C1. The lowest BCUT2D eigenvalue weighted by Crippen LogP contribution is -2.37. The van der Waals surface area contributed by atoms with E-state index >= 15 is 0 Å². The Morgan fingerprint density at radius 2 is 2.00 bits per heavy atom. The number of hydrogen-bond acceptors (Lipinski definition) is 3. The van der Waals surface area contributed by atoms with Gasteiger partial charge < -0.3 is 4.90 Å². The first-order valence-corrected chi connectivity index (χ1v) is 8.00. The van der Waals surface area contributed by atoms with Gasteiger partial charge in [-0.3, -0.25) is 4.79 Å². The zero-order valence-electron chi connectivity index (χ0n) is 10.5. The summed E-state index contributed by atoms with van der Waals surface area (Å²) < 4.78 is 25.5. The minimum Gasteiger partial charge on any atom is -0.311 e. The summed E-state index contributed by atoms with van der Waals surface area (Å²) in [5.74, 6) is -0.0790. The van der Waals surface area contributed by atoms with Gasteiger partial charge in [0.05, 0.1) is 5.75 Å². The van der Waals surface area contributed by atoms with Crippen molar-refractivity contribution in [1.82, 2.24) is 4.72 Å². The summed E-state index contributed by atoms with van der Waals surface area (Å²) in [4.78, 5) is 13.5. The summed E-state index contributed by atoms with van der Waals surface area (Å²) in [5.41, 5.74) is 0.729. The van der Waals surface area contributed by atoms with Crippen LogP contribution in [0.15, 0.2) is 24.3 Å². The van der Waals surface area contributed by atoms with E-state index in [0.29, 0.717) is 11.6 Å². The molecule has 0 aromatic heterocycles. The largest absolute Gasteiger partial charge is 0.311 e. The maximum absolute atomic E-state index is 11.9. The van der Waals surface area contributed by atoms with Gasteiger partial charge in [-0.2, -0.15) is 0 Å². The standard InChI is InChI=1S/C12H15ClN2O3S/c1-2-19(17,18)14-10-7-12(16)15(8-10)11-5-3-9(13)4-6-11/h3-6,10,14H,2,7-8H2,1H3/t10-/m1/s1. The van der Waals surface area contributed by atoms with Crippen molar-refractivity contribution in [2.75, 3.05) is 17.2 Å². The molecule has 1 saturated heterocycles. The lowest BCUT2D eigenvalue weighted by molar-refractivity contribution is -0.117. The van der Waals surface area contributed by atoms with E-state index in [1.165, 1.54) is 0 Å². The zero-order valence-corrected chi connectivity index (χ0v) is 12.0. The molecule has 104 valence electrons. The minimum atomic E-state index is -3.29. The fraction of sp³-hybridized carbons (Fsp3) is 0.417. The fourth-order valence-corrected chi connectivity index (χ4v) is 2.95. The molecular formula is C12H15ClN2O3S. The van der Waals surface area contributed by atoms with E-state index in [1.807, 2.05) is 0 Å². The number of carbonyl (C=O) groups is 1. The van der Waals surface area contributed by atoms with Crippen molar-refractivity contribution in [3.63, 3.8) is 0 Å². The van der Waals surface area contributed by atoms with Gasteiger partial charge in [0, 0.05) is 29.7 Å². The van der Waals surface area contributed by atoms with Gasteiger partial charge >= 0.3 is 0 Å². The third-order valence-electron chi connectivity index (χ3n) is 2.99. The summed E-state index contributed by atoms with van der Waals surface area (Å²) in [6.45, 7) is 1.91. The van der Waals surface area contributed by atoms with E-state index in [-0.39, 0.29) is 24.1 Å². The zero-order chi connectivity index (χ0) is 14.0. The summed E-state index contributed by atoms with van der Waals surface area (Å²) in [7, 11) is -3.29. The van der Waals surface area contributed by atoms with Crippen molar-refractivity contribution >= 4 is 33.2 Å². The van der Waals surface area contributed by atoms with Crippen LogP contribution >= 0.6 is 11.6 Å². The number of rotatable bonds is 4. The van der Waals surface area contributed by atoms with Crippen LogP contribution in [-0.2, 0) is 14.8 Å². The monoisotopic (exact) mass is 302 g/mol. The highest BCUT2D eigenvalue weighted by atomic mass is 35.5. The van der Waals surface area contributed by atoms with Crippen molar-refractivity contribution in [1.29, 1.82) is 0 Å². The van der Waals surface area contributed by atoms with Crippen molar-refractivity contribution in [2.45, 2.75) is 19.4 Å². The summed E-state index contributed by atoms with van der Waals surface area (Å²) in [6, 6.07) is 6.53. The van der Waals surface area contributed by atoms with Crippen LogP contribution in [0.2, 0.25) is 5.02 Å². The highest BCUT2D eigenvalue weighted by Crippen LogP contribution is 2.23.